The zero-order chi connectivity index (χ0) is 15.8. The number of hydrogen-bond donors (Lipinski definition) is 0. The molecule has 1 aromatic rings. The van der Waals surface area contributed by atoms with Crippen molar-refractivity contribution in [2.24, 2.45) is 0 Å². The van der Waals surface area contributed by atoms with Crippen LogP contribution in [0.4, 0.5) is 0 Å². The average Bonchev–Trinajstić information content (AvgIpc) is 2.81. The lowest BCUT2D eigenvalue weighted by Gasteiger charge is -2.27. The fourth-order valence-corrected chi connectivity index (χ4v) is 3.15. The molecule has 1 aliphatic rings. The van der Waals surface area contributed by atoms with Crippen LogP contribution in [0.2, 0.25) is 0 Å². The third-order valence-corrected chi connectivity index (χ3v) is 4.65. The second-order valence-electron chi connectivity index (χ2n) is 6.37. The molecular formula is C19H29NO2. The van der Waals surface area contributed by atoms with Gasteiger partial charge in [-0.1, -0.05) is 43.9 Å². The van der Waals surface area contributed by atoms with E-state index >= 15 is 0 Å². The Labute approximate surface area is 134 Å². The minimum Gasteiger partial charge on any atom is -0.493 e. The van der Waals surface area contributed by atoms with Gasteiger partial charge in [-0.3, -0.25) is 4.79 Å². The summed E-state index contributed by atoms with van der Waals surface area (Å²) in [4.78, 5) is 14.3. The summed E-state index contributed by atoms with van der Waals surface area (Å²) in [5, 5.41) is 0. The molecule has 0 radical (unpaired) electrons. The lowest BCUT2D eigenvalue weighted by molar-refractivity contribution is -0.132. The molecule has 1 saturated carbocycles. The highest BCUT2D eigenvalue weighted by atomic mass is 16.5. The van der Waals surface area contributed by atoms with E-state index < -0.39 is 0 Å². The summed E-state index contributed by atoms with van der Waals surface area (Å²) in [5.41, 5.74) is 1.14. The Bertz CT molecular complexity index is 464. The number of para-hydroxylation sites is 1. The van der Waals surface area contributed by atoms with Crippen molar-refractivity contribution in [3.8, 4) is 5.75 Å². The number of carbonyl (C=O) groups excluding carboxylic acids is 1. The summed E-state index contributed by atoms with van der Waals surface area (Å²) < 4.78 is 5.76. The van der Waals surface area contributed by atoms with Crippen LogP contribution in [-0.2, 0) is 4.79 Å². The maximum atomic E-state index is 12.3. The van der Waals surface area contributed by atoms with Gasteiger partial charge in [0.1, 0.15) is 5.75 Å². The summed E-state index contributed by atoms with van der Waals surface area (Å²) in [7, 11) is 1.97. The zero-order valence-electron chi connectivity index (χ0n) is 14.0. The van der Waals surface area contributed by atoms with Crippen molar-refractivity contribution in [1.29, 1.82) is 0 Å². The highest BCUT2D eigenvalue weighted by Gasteiger charge is 2.20. The summed E-state index contributed by atoms with van der Waals surface area (Å²) in [6.45, 7) is 2.65. The van der Waals surface area contributed by atoms with Crippen LogP contribution in [0.5, 0.6) is 5.75 Å². The van der Waals surface area contributed by atoms with Gasteiger partial charge in [0, 0.05) is 19.5 Å². The molecule has 1 amide bonds. The molecule has 122 valence electrons. The third-order valence-electron chi connectivity index (χ3n) is 4.65. The molecule has 1 aliphatic carbocycles. The Kier molecular flexibility index (Phi) is 6.75. The molecule has 0 aliphatic heterocycles. The van der Waals surface area contributed by atoms with Crippen LogP contribution in [0.3, 0.4) is 0 Å². The van der Waals surface area contributed by atoms with E-state index in [-0.39, 0.29) is 5.91 Å². The Balaban J connectivity index is 1.69. The van der Waals surface area contributed by atoms with Gasteiger partial charge in [-0.25, -0.2) is 0 Å². The Hall–Kier alpha value is -1.51. The molecule has 1 fully saturated rings. The van der Waals surface area contributed by atoms with Crippen LogP contribution >= 0.6 is 0 Å². The smallest absolute Gasteiger partial charge is 0.222 e. The lowest BCUT2D eigenvalue weighted by Crippen LogP contribution is -2.36. The number of carbonyl (C=O) groups is 1. The Morgan fingerprint density at radius 3 is 2.55 bits per heavy atom. The van der Waals surface area contributed by atoms with Crippen molar-refractivity contribution in [3.63, 3.8) is 0 Å². The van der Waals surface area contributed by atoms with Crippen molar-refractivity contribution >= 4 is 5.91 Å². The quantitative estimate of drug-likeness (QED) is 0.578. The first-order chi connectivity index (χ1) is 10.7. The first kappa shape index (κ1) is 16.9. The van der Waals surface area contributed by atoms with Gasteiger partial charge in [0.25, 0.3) is 0 Å². The van der Waals surface area contributed by atoms with E-state index in [0.717, 1.165) is 17.7 Å². The van der Waals surface area contributed by atoms with E-state index in [0.29, 0.717) is 19.1 Å². The van der Waals surface area contributed by atoms with Gasteiger partial charge in [0.15, 0.2) is 0 Å². The molecule has 22 heavy (non-hydrogen) atoms. The normalized spacial score (nSPS) is 16.1. The Morgan fingerprint density at radius 2 is 1.86 bits per heavy atom. The second-order valence-corrected chi connectivity index (χ2v) is 6.37. The van der Waals surface area contributed by atoms with Gasteiger partial charge in [-0.05, 0) is 37.8 Å². The highest BCUT2D eigenvalue weighted by Crippen LogP contribution is 2.22. The lowest BCUT2D eigenvalue weighted by atomic mass is 10.1. The average molecular weight is 303 g/mol. The molecule has 0 N–H and O–H groups in total. The van der Waals surface area contributed by atoms with Gasteiger partial charge in [-0.15, -0.1) is 0 Å². The summed E-state index contributed by atoms with van der Waals surface area (Å²) in [5.74, 6) is 1.19. The molecule has 2 rings (SSSR count). The second kappa shape index (κ2) is 8.82. The summed E-state index contributed by atoms with van der Waals surface area (Å²) in [6, 6.07) is 8.46. The molecule has 0 spiro atoms. The maximum absolute atomic E-state index is 12.3. The molecule has 0 bridgehead atoms. The van der Waals surface area contributed by atoms with Crippen LogP contribution in [0.1, 0.15) is 56.9 Å². The molecule has 0 atom stereocenters. The number of rotatable bonds is 6. The van der Waals surface area contributed by atoms with Crippen LogP contribution in [0, 0.1) is 6.92 Å². The third kappa shape index (κ3) is 5.04. The van der Waals surface area contributed by atoms with E-state index in [1.165, 1.54) is 38.5 Å². The van der Waals surface area contributed by atoms with Crippen LogP contribution < -0.4 is 4.74 Å². The van der Waals surface area contributed by atoms with Crippen molar-refractivity contribution in [1.82, 2.24) is 4.90 Å². The van der Waals surface area contributed by atoms with E-state index in [9.17, 15) is 4.79 Å². The topological polar surface area (TPSA) is 29.5 Å². The molecule has 0 unspecified atom stereocenters. The van der Waals surface area contributed by atoms with Crippen LogP contribution in [0.25, 0.3) is 0 Å². The number of benzene rings is 1. The predicted molar refractivity (Wildman–Crippen MR) is 90.2 cm³/mol. The van der Waals surface area contributed by atoms with E-state index in [2.05, 4.69) is 0 Å². The first-order valence-corrected chi connectivity index (χ1v) is 8.62. The minimum absolute atomic E-state index is 0.264. The van der Waals surface area contributed by atoms with Gasteiger partial charge >= 0.3 is 0 Å². The van der Waals surface area contributed by atoms with Gasteiger partial charge in [0.05, 0.1) is 6.61 Å². The fourth-order valence-electron chi connectivity index (χ4n) is 3.15. The van der Waals surface area contributed by atoms with Gasteiger partial charge in [0.2, 0.25) is 5.91 Å². The molecule has 0 saturated heterocycles. The Morgan fingerprint density at radius 1 is 1.18 bits per heavy atom. The van der Waals surface area contributed by atoms with Crippen molar-refractivity contribution in [2.45, 2.75) is 64.3 Å². The number of hydrogen-bond acceptors (Lipinski definition) is 2. The molecule has 3 nitrogen and oxygen atoms in total. The maximum Gasteiger partial charge on any atom is 0.222 e. The van der Waals surface area contributed by atoms with Gasteiger partial charge in [-0.2, -0.15) is 0 Å². The van der Waals surface area contributed by atoms with Crippen molar-refractivity contribution in [2.75, 3.05) is 13.7 Å². The fraction of sp³-hybridized carbons (Fsp3) is 0.632. The highest BCUT2D eigenvalue weighted by molar-refractivity contribution is 5.76. The van der Waals surface area contributed by atoms with Crippen LogP contribution in [0.15, 0.2) is 24.3 Å². The molecule has 0 heterocycles. The van der Waals surface area contributed by atoms with Crippen LogP contribution in [-0.4, -0.2) is 30.5 Å². The summed E-state index contributed by atoms with van der Waals surface area (Å²) in [6.07, 6.45) is 8.87. The monoisotopic (exact) mass is 303 g/mol. The molecular weight excluding hydrogens is 274 g/mol. The zero-order valence-corrected chi connectivity index (χ0v) is 14.0. The van der Waals surface area contributed by atoms with E-state index in [1.54, 1.807) is 0 Å². The number of nitrogens with zero attached hydrogens (tertiary/aromatic N) is 1. The SMILES string of the molecule is Cc1ccccc1OCCCC(=O)N(C)C1CCCCCC1. The minimum atomic E-state index is 0.264. The van der Waals surface area contributed by atoms with E-state index in [4.69, 9.17) is 4.74 Å². The van der Waals surface area contributed by atoms with Gasteiger partial charge < -0.3 is 9.64 Å². The standard InChI is InChI=1S/C19H29NO2/c1-16-10-7-8-13-18(16)22-15-9-14-19(21)20(2)17-11-5-3-4-6-12-17/h7-8,10,13,17H,3-6,9,11-12,14-15H2,1-2H3. The predicted octanol–water partition coefficient (Wildman–Crippen LogP) is 4.34. The molecule has 0 aromatic heterocycles. The number of aryl methyl sites for hydroxylation is 1. The van der Waals surface area contributed by atoms with E-state index in [1.807, 2.05) is 43.1 Å². The number of ether oxygens (including phenoxy) is 1. The van der Waals surface area contributed by atoms with Crippen molar-refractivity contribution < 1.29 is 9.53 Å². The largest absolute Gasteiger partial charge is 0.493 e. The molecule has 3 heteroatoms. The first-order valence-electron chi connectivity index (χ1n) is 8.62. The van der Waals surface area contributed by atoms with Crippen molar-refractivity contribution in [3.05, 3.63) is 29.8 Å². The molecule has 1 aromatic carbocycles. The number of amides is 1. The summed E-state index contributed by atoms with van der Waals surface area (Å²) >= 11 is 0.